The second-order valence-corrected chi connectivity index (χ2v) is 4.06. The summed E-state index contributed by atoms with van der Waals surface area (Å²) in [6.07, 6.45) is -5.50. The Labute approximate surface area is 106 Å². The van der Waals surface area contributed by atoms with Crippen LogP contribution in [-0.4, -0.2) is 54.1 Å². The number of rotatable bonds is 4. The van der Waals surface area contributed by atoms with Crippen LogP contribution in [0.4, 0.5) is 18.0 Å². The number of hydrogen-bond acceptors (Lipinski definition) is 3. The number of carbonyl (C=O) groups is 1. The summed E-state index contributed by atoms with van der Waals surface area (Å²) in [6.45, 7) is -0.304. The first-order valence-electron chi connectivity index (χ1n) is 5.55. The molecule has 1 heterocycles. The smallest absolute Gasteiger partial charge is 0.407 e. The van der Waals surface area contributed by atoms with Crippen LogP contribution in [0.2, 0.25) is 0 Å². The van der Waals surface area contributed by atoms with Crippen molar-refractivity contribution in [1.29, 1.82) is 0 Å². The molecule has 1 aliphatic rings. The molecule has 1 saturated heterocycles. The number of alkyl halides is 3. The molecule has 0 aliphatic carbocycles. The van der Waals surface area contributed by atoms with Crippen LogP contribution in [-0.2, 0) is 4.74 Å². The number of nitrogens with zero attached hydrogens (tertiary/aromatic N) is 4. The van der Waals surface area contributed by atoms with E-state index in [1.165, 1.54) is 4.90 Å². The highest BCUT2D eigenvalue weighted by atomic mass is 19.4. The number of ether oxygens (including phenoxy) is 1. The Morgan fingerprint density at radius 2 is 2.11 bits per heavy atom. The Bertz CT molecular complexity index is 362. The number of likely N-dealkylation sites (tertiary alicyclic amines) is 1. The highest BCUT2D eigenvalue weighted by Gasteiger charge is 2.39. The van der Waals surface area contributed by atoms with Gasteiger partial charge in [-0.1, -0.05) is 5.11 Å². The van der Waals surface area contributed by atoms with Crippen LogP contribution < -0.4 is 0 Å². The summed E-state index contributed by atoms with van der Waals surface area (Å²) in [5.41, 5.74) is 8.06. The highest BCUT2D eigenvalue weighted by molar-refractivity contribution is 5.64. The van der Waals surface area contributed by atoms with Crippen LogP contribution in [0.15, 0.2) is 5.11 Å². The fourth-order valence-corrected chi connectivity index (χ4v) is 1.70. The van der Waals surface area contributed by atoms with E-state index in [9.17, 15) is 18.0 Å². The lowest BCUT2D eigenvalue weighted by molar-refractivity contribution is -0.164. The van der Waals surface area contributed by atoms with E-state index >= 15 is 0 Å². The van der Waals surface area contributed by atoms with Crippen LogP contribution in [0.25, 0.3) is 10.4 Å². The normalized spacial score (nSPS) is 18.8. The van der Waals surface area contributed by atoms with E-state index in [2.05, 4.69) is 10.0 Å². The molecule has 1 amide bonds. The Balaban J connectivity index is 2.41. The molecular weight excluding hydrogens is 269 g/mol. The van der Waals surface area contributed by atoms with Gasteiger partial charge in [-0.05, 0) is 18.4 Å². The molecule has 19 heavy (non-hydrogen) atoms. The van der Waals surface area contributed by atoms with Gasteiger partial charge in [-0.15, -0.1) is 0 Å². The first kappa shape index (κ1) is 15.4. The van der Waals surface area contributed by atoms with Gasteiger partial charge in [-0.2, -0.15) is 13.2 Å². The predicted octanol–water partition coefficient (Wildman–Crippen LogP) is 2.39. The summed E-state index contributed by atoms with van der Waals surface area (Å²) in [5.74, 6) is 0. The standard InChI is InChI=1S/C9H13F3N4O3/c10-9(11,12)7(14-15-13)5-19-6-1-3-16(4-2-6)8(17)18/h6-7H,1-5H2,(H,17,18). The fraction of sp³-hybridized carbons (Fsp3) is 0.889. The van der Waals surface area contributed by atoms with Crippen LogP contribution in [0.3, 0.4) is 0 Å². The molecule has 1 N–H and O–H groups in total. The third-order valence-electron chi connectivity index (χ3n) is 2.77. The van der Waals surface area contributed by atoms with E-state index in [0.29, 0.717) is 12.8 Å². The first-order valence-corrected chi connectivity index (χ1v) is 5.55. The number of carboxylic acid groups (broad SMARTS) is 1. The average molecular weight is 282 g/mol. The fourth-order valence-electron chi connectivity index (χ4n) is 1.70. The average Bonchev–Trinajstić information content (AvgIpc) is 2.33. The molecular formula is C9H13F3N4O3. The maximum absolute atomic E-state index is 12.4. The van der Waals surface area contributed by atoms with Gasteiger partial charge in [-0.25, -0.2) is 4.79 Å². The molecule has 0 bridgehead atoms. The molecule has 0 aromatic rings. The van der Waals surface area contributed by atoms with Gasteiger partial charge < -0.3 is 14.7 Å². The van der Waals surface area contributed by atoms with E-state index in [0.717, 1.165) is 0 Å². The highest BCUT2D eigenvalue weighted by Crippen LogP contribution is 2.24. The molecule has 0 aromatic carbocycles. The summed E-state index contributed by atoms with van der Waals surface area (Å²) in [4.78, 5) is 13.9. The van der Waals surface area contributed by atoms with Gasteiger partial charge in [0.15, 0.2) is 6.04 Å². The van der Waals surface area contributed by atoms with E-state index in [1.54, 1.807) is 0 Å². The van der Waals surface area contributed by atoms with Crippen LogP contribution >= 0.6 is 0 Å². The van der Waals surface area contributed by atoms with Crippen LogP contribution in [0.5, 0.6) is 0 Å². The van der Waals surface area contributed by atoms with E-state index in [4.69, 9.17) is 15.4 Å². The third-order valence-corrected chi connectivity index (χ3v) is 2.77. The maximum atomic E-state index is 12.4. The lowest BCUT2D eigenvalue weighted by atomic mass is 10.1. The van der Waals surface area contributed by atoms with E-state index in [-0.39, 0.29) is 13.1 Å². The lowest BCUT2D eigenvalue weighted by Crippen LogP contribution is -2.41. The second kappa shape index (κ2) is 6.48. The first-order chi connectivity index (χ1) is 8.84. The number of amides is 1. The number of piperidine rings is 1. The van der Waals surface area contributed by atoms with Crippen molar-refractivity contribution in [3.63, 3.8) is 0 Å². The van der Waals surface area contributed by atoms with Crippen molar-refractivity contribution in [3.05, 3.63) is 10.4 Å². The summed E-state index contributed by atoms with van der Waals surface area (Å²) >= 11 is 0. The Morgan fingerprint density at radius 1 is 1.53 bits per heavy atom. The Kier molecular flexibility index (Phi) is 5.25. The third kappa shape index (κ3) is 4.84. The minimum atomic E-state index is -4.64. The van der Waals surface area contributed by atoms with Crippen molar-refractivity contribution in [2.24, 2.45) is 5.11 Å². The molecule has 0 aromatic heterocycles. The van der Waals surface area contributed by atoms with Crippen molar-refractivity contribution in [3.8, 4) is 0 Å². The molecule has 1 rings (SSSR count). The zero-order chi connectivity index (χ0) is 14.5. The molecule has 108 valence electrons. The van der Waals surface area contributed by atoms with Gasteiger partial charge in [0, 0.05) is 18.0 Å². The largest absolute Gasteiger partial charge is 0.465 e. The van der Waals surface area contributed by atoms with Gasteiger partial charge in [0.05, 0.1) is 12.7 Å². The van der Waals surface area contributed by atoms with E-state index < -0.39 is 31.0 Å². The SMILES string of the molecule is [N-]=[N+]=NC(COC1CCN(C(=O)O)CC1)C(F)(F)F. The number of azide groups is 1. The van der Waals surface area contributed by atoms with Crippen molar-refractivity contribution in [2.45, 2.75) is 31.2 Å². The van der Waals surface area contributed by atoms with Gasteiger partial charge in [-0.3, -0.25) is 0 Å². The molecule has 1 atom stereocenters. The number of hydrogen-bond donors (Lipinski definition) is 1. The molecule has 0 saturated carbocycles. The quantitative estimate of drug-likeness (QED) is 0.486. The lowest BCUT2D eigenvalue weighted by Gasteiger charge is -2.30. The molecule has 0 radical (unpaired) electrons. The van der Waals surface area contributed by atoms with Crippen molar-refractivity contribution in [1.82, 2.24) is 4.90 Å². The topological polar surface area (TPSA) is 98.5 Å². The van der Waals surface area contributed by atoms with Crippen LogP contribution in [0, 0.1) is 0 Å². The van der Waals surface area contributed by atoms with Gasteiger partial charge in [0.25, 0.3) is 0 Å². The summed E-state index contributed by atoms with van der Waals surface area (Å²) in [6, 6.07) is -2.21. The Morgan fingerprint density at radius 3 is 2.53 bits per heavy atom. The Hall–Kier alpha value is -1.67. The van der Waals surface area contributed by atoms with Crippen molar-refractivity contribution in [2.75, 3.05) is 19.7 Å². The van der Waals surface area contributed by atoms with E-state index in [1.807, 2.05) is 0 Å². The monoisotopic (exact) mass is 282 g/mol. The molecule has 1 unspecified atom stereocenters. The maximum Gasteiger partial charge on any atom is 0.407 e. The van der Waals surface area contributed by atoms with Gasteiger partial charge >= 0.3 is 12.3 Å². The summed E-state index contributed by atoms with van der Waals surface area (Å²) in [5, 5.41) is 11.3. The second-order valence-electron chi connectivity index (χ2n) is 4.06. The minimum Gasteiger partial charge on any atom is -0.465 e. The zero-order valence-corrected chi connectivity index (χ0v) is 9.88. The molecule has 1 aliphatic heterocycles. The van der Waals surface area contributed by atoms with Crippen LogP contribution in [0.1, 0.15) is 12.8 Å². The molecule has 0 spiro atoms. The number of halogens is 3. The van der Waals surface area contributed by atoms with Gasteiger partial charge in [0.1, 0.15) is 0 Å². The van der Waals surface area contributed by atoms with Crippen molar-refractivity contribution < 1.29 is 27.8 Å². The predicted molar refractivity (Wildman–Crippen MR) is 57.6 cm³/mol. The molecule has 7 nitrogen and oxygen atoms in total. The minimum absolute atomic E-state index is 0.220. The molecule has 1 fully saturated rings. The van der Waals surface area contributed by atoms with Crippen molar-refractivity contribution >= 4 is 6.09 Å². The zero-order valence-electron chi connectivity index (χ0n) is 9.88. The summed E-state index contributed by atoms with van der Waals surface area (Å²) < 4.78 is 42.2. The summed E-state index contributed by atoms with van der Waals surface area (Å²) in [7, 11) is 0. The van der Waals surface area contributed by atoms with Gasteiger partial charge in [0.2, 0.25) is 0 Å². The molecule has 10 heteroatoms.